The molecule has 0 saturated carbocycles. The lowest BCUT2D eigenvalue weighted by Crippen LogP contribution is -2.50. The highest BCUT2D eigenvalue weighted by molar-refractivity contribution is 5.41. The van der Waals surface area contributed by atoms with Gasteiger partial charge in [-0.05, 0) is 32.0 Å². The van der Waals surface area contributed by atoms with E-state index in [4.69, 9.17) is 0 Å². The summed E-state index contributed by atoms with van der Waals surface area (Å²) in [6.07, 6.45) is 1.81. The van der Waals surface area contributed by atoms with Gasteiger partial charge in [-0.3, -0.25) is 4.79 Å². The minimum absolute atomic E-state index is 0.0899. The Morgan fingerprint density at radius 1 is 1.11 bits per heavy atom. The van der Waals surface area contributed by atoms with E-state index in [1.165, 1.54) is 0 Å². The van der Waals surface area contributed by atoms with Gasteiger partial charge in [0.25, 0.3) is 5.56 Å². The van der Waals surface area contributed by atoms with Crippen molar-refractivity contribution in [3.05, 3.63) is 58.0 Å². The first kappa shape index (κ1) is 18.3. The number of aromatic nitrogens is 6. The topological polar surface area (TPSA) is 81.7 Å². The van der Waals surface area contributed by atoms with E-state index < -0.39 is 0 Å². The van der Waals surface area contributed by atoms with Crippen molar-refractivity contribution in [2.75, 3.05) is 18.0 Å². The summed E-state index contributed by atoms with van der Waals surface area (Å²) in [6.45, 7) is 10.4. The van der Waals surface area contributed by atoms with Gasteiger partial charge in [-0.2, -0.15) is 5.10 Å². The highest BCUT2D eigenvalue weighted by atomic mass is 16.1. The Morgan fingerprint density at radius 3 is 2.57 bits per heavy atom. The summed E-state index contributed by atoms with van der Waals surface area (Å²) in [7, 11) is 0. The van der Waals surface area contributed by atoms with Crippen LogP contribution in [0.4, 0.5) is 5.82 Å². The van der Waals surface area contributed by atoms with Gasteiger partial charge in [-0.15, -0.1) is 5.10 Å². The van der Waals surface area contributed by atoms with Crippen molar-refractivity contribution in [3.63, 3.8) is 0 Å². The van der Waals surface area contributed by atoms with Crippen LogP contribution in [0.15, 0.2) is 35.3 Å². The normalized spacial score (nSPS) is 14.5. The number of aryl methyl sites for hydroxylation is 2. The van der Waals surface area contributed by atoms with Crippen LogP contribution in [-0.2, 0) is 6.54 Å². The summed E-state index contributed by atoms with van der Waals surface area (Å²) in [6, 6.07) is 7.22. The van der Waals surface area contributed by atoms with Gasteiger partial charge >= 0.3 is 0 Å². The molecular formula is C20H25N7O. The molecule has 28 heavy (non-hydrogen) atoms. The van der Waals surface area contributed by atoms with E-state index in [1.54, 1.807) is 21.5 Å². The van der Waals surface area contributed by atoms with Crippen molar-refractivity contribution >= 4 is 5.82 Å². The van der Waals surface area contributed by atoms with Gasteiger partial charge in [0.1, 0.15) is 11.6 Å². The van der Waals surface area contributed by atoms with Crippen LogP contribution in [0.5, 0.6) is 0 Å². The molecule has 0 spiro atoms. The van der Waals surface area contributed by atoms with Crippen LogP contribution < -0.4 is 10.5 Å². The van der Waals surface area contributed by atoms with Crippen molar-refractivity contribution in [2.45, 2.75) is 40.2 Å². The number of rotatable bonds is 5. The zero-order valence-corrected chi connectivity index (χ0v) is 16.7. The molecule has 0 aliphatic carbocycles. The summed E-state index contributed by atoms with van der Waals surface area (Å²) in [5, 5.41) is 8.99. The highest BCUT2D eigenvalue weighted by Gasteiger charge is 2.29. The average molecular weight is 379 g/mol. The van der Waals surface area contributed by atoms with E-state index >= 15 is 0 Å². The fourth-order valence-corrected chi connectivity index (χ4v) is 3.48. The first-order valence-electron chi connectivity index (χ1n) is 9.60. The molecular weight excluding hydrogens is 354 g/mol. The zero-order valence-electron chi connectivity index (χ0n) is 16.7. The van der Waals surface area contributed by atoms with Gasteiger partial charge in [0.05, 0.1) is 12.2 Å². The summed E-state index contributed by atoms with van der Waals surface area (Å²) >= 11 is 0. The SMILES string of the molecule is Cc1cc(C)n(-c2ccc(=O)n(CC3CN(c4ccnc(C(C)C)n4)C3)n2)n1. The van der Waals surface area contributed by atoms with E-state index in [0.717, 1.165) is 36.1 Å². The lowest BCUT2D eigenvalue weighted by molar-refractivity contribution is 0.331. The zero-order chi connectivity index (χ0) is 19.8. The minimum Gasteiger partial charge on any atom is -0.356 e. The summed E-state index contributed by atoms with van der Waals surface area (Å²) in [5.74, 6) is 3.14. The number of nitrogens with zero attached hydrogens (tertiary/aromatic N) is 7. The van der Waals surface area contributed by atoms with Gasteiger partial charge in [0.15, 0.2) is 5.82 Å². The van der Waals surface area contributed by atoms with Gasteiger partial charge in [-0.1, -0.05) is 13.8 Å². The summed E-state index contributed by atoms with van der Waals surface area (Å²) in [4.78, 5) is 23.5. The highest BCUT2D eigenvalue weighted by Crippen LogP contribution is 2.24. The molecule has 1 saturated heterocycles. The number of hydrogen-bond donors (Lipinski definition) is 0. The fraction of sp³-hybridized carbons (Fsp3) is 0.450. The van der Waals surface area contributed by atoms with Crippen LogP contribution >= 0.6 is 0 Å². The van der Waals surface area contributed by atoms with Crippen LogP contribution in [0.25, 0.3) is 5.82 Å². The van der Waals surface area contributed by atoms with Gasteiger partial charge in [-0.25, -0.2) is 19.3 Å². The molecule has 4 rings (SSSR count). The molecule has 0 N–H and O–H groups in total. The molecule has 0 amide bonds. The molecule has 146 valence electrons. The second kappa shape index (κ2) is 7.18. The van der Waals surface area contributed by atoms with Crippen LogP contribution in [0.1, 0.15) is 37.0 Å². The minimum atomic E-state index is -0.0899. The summed E-state index contributed by atoms with van der Waals surface area (Å²) in [5.41, 5.74) is 1.83. The molecule has 1 aliphatic rings. The van der Waals surface area contributed by atoms with Crippen molar-refractivity contribution in [1.82, 2.24) is 29.5 Å². The van der Waals surface area contributed by atoms with Crippen LogP contribution in [-0.4, -0.2) is 42.6 Å². The molecule has 8 nitrogen and oxygen atoms in total. The van der Waals surface area contributed by atoms with Crippen molar-refractivity contribution in [1.29, 1.82) is 0 Å². The van der Waals surface area contributed by atoms with Crippen molar-refractivity contribution in [2.24, 2.45) is 5.92 Å². The number of anilines is 1. The van der Waals surface area contributed by atoms with Crippen LogP contribution in [0.3, 0.4) is 0 Å². The second-order valence-electron chi connectivity index (χ2n) is 7.75. The third-order valence-corrected chi connectivity index (χ3v) is 4.97. The van der Waals surface area contributed by atoms with E-state index in [2.05, 4.69) is 38.9 Å². The molecule has 0 bridgehead atoms. The largest absolute Gasteiger partial charge is 0.356 e. The van der Waals surface area contributed by atoms with Crippen molar-refractivity contribution in [3.8, 4) is 5.82 Å². The maximum atomic E-state index is 12.3. The van der Waals surface area contributed by atoms with Crippen LogP contribution in [0, 0.1) is 19.8 Å². The first-order chi connectivity index (χ1) is 13.4. The van der Waals surface area contributed by atoms with Gasteiger partial charge in [0, 0.05) is 42.9 Å². The smallest absolute Gasteiger partial charge is 0.266 e. The third-order valence-electron chi connectivity index (χ3n) is 4.97. The Balaban J connectivity index is 1.46. The second-order valence-corrected chi connectivity index (χ2v) is 7.75. The Kier molecular flexibility index (Phi) is 4.70. The Morgan fingerprint density at radius 2 is 1.89 bits per heavy atom. The van der Waals surface area contributed by atoms with E-state index in [-0.39, 0.29) is 5.56 Å². The lowest BCUT2D eigenvalue weighted by Gasteiger charge is -2.40. The molecule has 1 aliphatic heterocycles. The van der Waals surface area contributed by atoms with Crippen LogP contribution in [0.2, 0.25) is 0 Å². The van der Waals surface area contributed by atoms with Gasteiger partial charge in [0.2, 0.25) is 0 Å². The molecule has 0 aromatic carbocycles. The Bertz CT molecular complexity index is 1050. The molecule has 3 aromatic rings. The Labute approximate surface area is 163 Å². The molecule has 3 aromatic heterocycles. The monoisotopic (exact) mass is 379 g/mol. The lowest BCUT2D eigenvalue weighted by atomic mass is 10.0. The van der Waals surface area contributed by atoms with E-state index in [1.807, 2.05) is 32.2 Å². The molecule has 0 radical (unpaired) electrons. The molecule has 0 unspecified atom stereocenters. The van der Waals surface area contributed by atoms with E-state index in [9.17, 15) is 4.79 Å². The quantitative estimate of drug-likeness (QED) is 0.675. The maximum absolute atomic E-state index is 12.3. The first-order valence-corrected chi connectivity index (χ1v) is 9.60. The molecule has 8 heteroatoms. The third kappa shape index (κ3) is 3.54. The summed E-state index contributed by atoms with van der Waals surface area (Å²) < 4.78 is 3.32. The standard InChI is InChI=1S/C20H25N7O/c1-13(2)20-21-8-7-17(22-20)25-10-16(11-25)12-26-19(28)6-5-18(24-26)27-15(4)9-14(3)23-27/h5-9,13,16H,10-12H2,1-4H3. The number of hydrogen-bond acceptors (Lipinski definition) is 6. The molecule has 1 fully saturated rings. The predicted octanol–water partition coefficient (Wildman–Crippen LogP) is 2.10. The van der Waals surface area contributed by atoms with Gasteiger partial charge < -0.3 is 4.90 Å². The predicted molar refractivity (Wildman–Crippen MR) is 107 cm³/mol. The van der Waals surface area contributed by atoms with E-state index in [0.29, 0.717) is 24.2 Å². The van der Waals surface area contributed by atoms with Crippen molar-refractivity contribution < 1.29 is 0 Å². The molecule has 0 atom stereocenters. The molecule has 4 heterocycles. The maximum Gasteiger partial charge on any atom is 0.266 e. The fourth-order valence-electron chi connectivity index (χ4n) is 3.48. The average Bonchev–Trinajstić information content (AvgIpc) is 2.97. The Hall–Kier alpha value is -3.03.